The standard InChI is InChI=1S/C14H16N2/c1-4-9-12(5-2)14(16-15-3)13-10-7-6-8-11-13/h4-11,15H,1-2H2,3H3/b12-9+,16-14-. The SMILES string of the molecule is C=C/C=C(C=C)/C(=N/NC)c1ccccc1. The lowest BCUT2D eigenvalue weighted by Crippen LogP contribution is -2.09. The second-order valence-corrected chi connectivity index (χ2v) is 3.11. The van der Waals surface area contributed by atoms with Crippen LogP contribution in [0.5, 0.6) is 0 Å². The third-order valence-corrected chi connectivity index (χ3v) is 2.06. The van der Waals surface area contributed by atoms with Crippen LogP contribution in [0.4, 0.5) is 0 Å². The summed E-state index contributed by atoms with van der Waals surface area (Å²) in [5.41, 5.74) is 5.65. The highest BCUT2D eigenvalue weighted by Crippen LogP contribution is 2.10. The average molecular weight is 212 g/mol. The molecule has 0 radical (unpaired) electrons. The molecule has 1 rings (SSSR count). The molecule has 0 aromatic heterocycles. The maximum atomic E-state index is 4.26. The van der Waals surface area contributed by atoms with E-state index in [1.165, 1.54) is 0 Å². The van der Waals surface area contributed by atoms with Gasteiger partial charge in [0.15, 0.2) is 0 Å². The van der Waals surface area contributed by atoms with Gasteiger partial charge in [0, 0.05) is 18.2 Å². The highest BCUT2D eigenvalue weighted by atomic mass is 15.3. The second kappa shape index (κ2) is 6.40. The summed E-state index contributed by atoms with van der Waals surface area (Å²) < 4.78 is 0. The molecule has 0 fully saturated rings. The maximum absolute atomic E-state index is 4.26. The van der Waals surface area contributed by atoms with Crippen molar-refractivity contribution >= 4 is 5.71 Å². The van der Waals surface area contributed by atoms with Gasteiger partial charge in [0.2, 0.25) is 0 Å². The Morgan fingerprint density at radius 1 is 1.25 bits per heavy atom. The van der Waals surface area contributed by atoms with Gasteiger partial charge < -0.3 is 5.43 Å². The lowest BCUT2D eigenvalue weighted by Gasteiger charge is -2.07. The maximum Gasteiger partial charge on any atom is 0.0973 e. The molecule has 0 aliphatic carbocycles. The first-order valence-electron chi connectivity index (χ1n) is 5.09. The zero-order valence-electron chi connectivity index (χ0n) is 9.48. The summed E-state index contributed by atoms with van der Waals surface area (Å²) in [6, 6.07) is 9.96. The van der Waals surface area contributed by atoms with E-state index in [9.17, 15) is 0 Å². The van der Waals surface area contributed by atoms with Crippen LogP contribution in [0, 0.1) is 0 Å². The summed E-state index contributed by atoms with van der Waals surface area (Å²) in [6.45, 7) is 7.47. The normalized spacial score (nSPS) is 12.1. The van der Waals surface area contributed by atoms with E-state index in [1.807, 2.05) is 36.4 Å². The van der Waals surface area contributed by atoms with Gasteiger partial charge in [-0.2, -0.15) is 5.10 Å². The van der Waals surface area contributed by atoms with Gasteiger partial charge in [-0.25, -0.2) is 0 Å². The quantitative estimate of drug-likeness (QED) is 0.453. The van der Waals surface area contributed by atoms with Crippen molar-refractivity contribution in [3.05, 3.63) is 72.9 Å². The monoisotopic (exact) mass is 212 g/mol. The van der Waals surface area contributed by atoms with Gasteiger partial charge in [-0.05, 0) is 0 Å². The Kier molecular flexibility index (Phi) is 4.80. The van der Waals surface area contributed by atoms with Gasteiger partial charge in [-0.1, -0.05) is 61.7 Å². The molecule has 0 atom stereocenters. The first kappa shape index (κ1) is 12.0. The Balaban J connectivity index is 3.20. The van der Waals surface area contributed by atoms with Crippen molar-refractivity contribution in [2.24, 2.45) is 5.10 Å². The van der Waals surface area contributed by atoms with Gasteiger partial charge in [0.1, 0.15) is 0 Å². The Bertz CT molecular complexity index is 414. The Labute approximate surface area is 96.7 Å². The van der Waals surface area contributed by atoms with E-state index in [4.69, 9.17) is 0 Å². The molecule has 1 N–H and O–H groups in total. The van der Waals surface area contributed by atoms with Crippen LogP contribution in [-0.4, -0.2) is 12.8 Å². The van der Waals surface area contributed by atoms with E-state index in [-0.39, 0.29) is 0 Å². The summed E-state index contributed by atoms with van der Waals surface area (Å²) in [6.07, 6.45) is 5.38. The third kappa shape index (κ3) is 2.95. The molecule has 0 aliphatic heterocycles. The van der Waals surface area contributed by atoms with Crippen molar-refractivity contribution in [2.75, 3.05) is 7.05 Å². The molecule has 0 bridgehead atoms. The number of nitrogens with one attached hydrogen (secondary N) is 1. The van der Waals surface area contributed by atoms with E-state index in [0.29, 0.717) is 0 Å². The number of hydrogen-bond donors (Lipinski definition) is 1. The fourth-order valence-electron chi connectivity index (χ4n) is 1.37. The first-order chi connectivity index (χ1) is 7.83. The number of benzene rings is 1. The minimum Gasteiger partial charge on any atom is -0.313 e. The Morgan fingerprint density at radius 2 is 1.94 bits per heavy atom. The number of hydrazone groups is 1. The van der Waals surface area contributed by atoms with Crippen LogP contribution in [0.1, 0.15) is 5.56 Å². The Morgan fingerprint density at radius 3 is 2.44 bits per heavy atom. The fourth-order valence-corrected chi connectivity index (χ4v) is 1.37. The molecule has 0 aliphatic rings. The van der Waals surface area contributed by atoms with Gasteiger partial charge in [0.25, 0.3) is 0 Å². The number of allylic oxidation sites excluding steroid dienone is 4. The summed E-state index contributed by atoms with van der Waals surface area (Å²) in [4.78, 5) is 0. The van der Waals surface area contributed by atoms with Crippen molar-refractivity contribution in [1.29, 1.82) is 0 Å². The molecule has 16 heavy (non-hydrogen) atoms. The predicted octanol–water partition coefficient (Wildman–Crippen LogP) is 2.91. The molecular formula is C14H16N2. The van der Waals surface area contributed by atoms with Crippen LogP contribution in [0.3, 0.4) is 0 Å². The van der Waals surface area contributed by atoms with Crippen LogP contribution in [0.2, 0.25) is 0 Å². The molecule has 0 spiro atoms. The topological polar surface area (TPSA) is 24.4 Å². The molecule has 1 aromatic rings. The number of hydrogen-bond acceptors (Lipinski definition) is 2. The summed E-state index contributed by atoms with van der Waals surface area (Å²) in [7, 11) is 1.78. The highest BCUT2D eigenvalue weighted by Gasteiger charge is 2.05. The molecule has 0 unspecified atom stereocenters. The van der Waals surface area contributed by atoms with Crippen molar-refractivity contribution in [3.8, 4) is 0 Å². The van der Waals surface area contributed by atoms with E-state index >= 15 is 0 Å². The first-order valence-corrected chi connectivity index (χ1v) is 5.09. The van der Waals surface area contributed by atoms with Gasteiger partial charge in [-0.3, -0.25) is 0 Å². The van der Waals surface area contributed by atoms with Gasteiger partial charge in [-0.15, -0.1) is 0 Å². The van der Waals surface area contributed by atoms with Crippen molar-refractivity contribution in [2.45, 2.75) is 0 Å². The third-order valence-electron chi connectivity index (χ3n) is 2.06. The smallest absolute Gasteiger partial charge is 0.0973 e. The summed E-state index contributed by atoms with van der Waals surface area (Å²) in [5.74, 6) is 0. The molecule has 0 saturated carbocycles. The summed E-state index contributed by atoms with van der Waals surface area (Å²) >= 11 is 0. The van der Waals surface area contributed by atoms with Crippen LogP contribution >= 0.6 is 0 Å². The molecule has 2 nitrogen and oxygen atoms in total. The molecule has 0 amide bonds. The summed E-state index contributed by atoms with van der Waals surface area (Å²) in [5, 5.41) is 4.26. The van der Waals surface area contributed by atoms with E-state index in [0.717, 1.165) is 16.8 Å². The number of rotatable bonds is 5. The molecule has 0 saturated heterocycles. The largest absolute Gasteiger partial charge is 0.313 e. The van der Waals surface area contributed by atoms with Gasteiger partial charge in [0.05, 0.1) is 5.71 Å². The zero-order chi connectivity index (χ0) is 11.8. The van der Waals surface area contributed by atoms with Crippen LogP contribution in [0.25, 0.3) is 0 Å². The van der Waals surface area contributed by atoms with Crippen molar-refractivity contribution in [3.63, 3.8) is 0 Å². The van der Waals surface area contributed by atoms with Crippen molar-refractivity contribution in [1.82, 2.24) is 5.43 Å². The van der Waals surface area contributed by atoms with Crippen LogP contribution in [0.15, 0.2) is 72.4 Å². The minimum atomic E-state index is 0.859. The second-order valence-electron chi connectivity index (χ2n) is 3.11. The average Bonchev–Trinajstić information content (AvgIpc) is 2.35. The Hall–Kier alpha value is -2.09. The lowest BCUT2D eigenvalue weighted by molar-refractivity contribution is 0.901. The molecule has 82 valence electrons. The van der Waals surface area contributed by atoms with Crippen LogP contribution < -0.4 is 5.43 Å². The van der Waals surface area contributed by atoms with Crippen molar-refractivity contribution < 1.29 is 0 Å². The van der Waals surface area contributed by atoms with E-state index in [1.54, 1.807) is 19.2 Å². The van der Waals surface area contributed by atoms with E-state index < -0.39 is 0 Å². The fraction of sp³-hybridized carbons (Fsp3) is 0.0714. The predicted molar refractivity (Wildman–Crippen MR) is 70.5 cm³/mol. The zero-order valence-corrected chi connectivity index (χ0v) is 9.48. The van der Waals surface area contributed by atoms with Crippen LogP contribution in [-0.2, 0) is 0 Å². The minimum absolute atomic E-state index is 0.859. The van der Waals surface area contributed by atoms with E-state index in [2.05, 4.69) is 23.7 Å². The molecular weight excluding hydrogens is 196 g/mol. The number of nitrogens with zero attached hydrogens (tertiary/aromatic N) is 1. The highest BCUT2D eigenvalue weighted by molar-refractivity contribution is 6.14. The lowest BCUT2D eigenvalue weighted by atomic mass is 10.0. The van der Waals surface area contributed by atoms with Gasteiger partial charge >= 0.3 is 0 Å². The molecule has 1 aromatic carbocycles. The molecule has 2 heteroatoms. The molecule has 0 heterocycles.